The van der Waals surface area contributed by atoms with E-state index in [1.165, 1.54) is 27.2 Å². The highest BCUT2D eigenvalue weighted by molar-refractivity contribution is 7.19. The van der Waals surface area contributed by atoms with Crippen LogP contribution in [-0.4, -0.2) is 25.3 Å². The summed E-state index contributed by atoms with van der Waals surface area (Å²) < 4.78 is 53.1. The Morgan fingerprint density at radius 3 is 2.52 bits per heavy atom. The first kappa shape index (κ1) is 17.4. The third-order valence-corrected chi connectivity index (χ3v) is 4.65. The summed E-state index contributed by atoms with van der Waals surface area (Å²) in [6.07, 6.45) is -0.856. The number of hydrogen-bond acceptors (Lipinski definition) is 4. The van der Waals surface area contributed by atoms with Crippen LogP contribution in [0.15, 0.2) is 12.1 Å². The Labute approximate surface area is 134 Å². The Balaban J connectivity index is 2.51. The molecule has 126 valence electrons. The standard InChI is InChI=1S/C15H15F3O4S/c1-7(14(19)20)6-15(17,18)11-4-8-10(23-11)5-9(21-2)13(22-3)12(8)16/h4-5,7H,6H2,1-3H3,(H,19,20)/t7-/m0/s1. The first-order valence-electron chi connectivity index (χ1n) is 6.66. The lowest BCUT2D eigenvalue weighted by atomic mass is 10.0. The molecule has 23 heavy (non-hydrogen) atoms. The molecule has 8 heteroatoms. The van der Waals surface area contributed by atoms with Gasteiger partial charge < -0.3 is 14.6 Å². The van der Waals surface area contributed by atoms with E-state index in [-0.39, 0.29) is 21.6 Å². The smallest absolute Gasteiger partial charge is 0.306 e. The summed E-state index contributed by atoms with van der Waals surface area (Å²) >= 11 is 0.702. The van der Waals surface area contributed by atoms with Crippen LogP contribution in [0.25, 0.3) is 10.1 Å². The van der Waals surface area contributed by atoms with Crippen molar-refractivity contribution in [3.63, 3.8) is 0 Å². The van der Waals surface area contributed by atoms with E-state index in [1.807, 2.05) is 0 Å². The minimum absolute atomic E-state index is 0.00898. The van der Waals surface area contributed by atoms with Gasteiger partial charge in [-0.05, 0) is 6.07 Å². The highest BCUT2D eigenvalue weighted by Crippen LogP contribution is 2.45. The molecule has 0 spiro atoms. The van der Waals surface area contributed by atoms with E-state index >= 15 is 0 Å². The van der Waals surface area contributed by atoms with E-state index in [2.05, 4.69) is 0 Å². The highest BCUT2D eigenvalue weighted by Gasteiger charge is 2.38. The van der Waals surface area contributed by atoms with Gasteiger partial charge >= 0.3 is 5.97 Å². The molecule has 1 heterocycles. The molecule has 1 N–H and O–H groups in total. The molecular formula is C15H15F3O4S. The molecule has 2 aromatic rings. The Hall–Kier alpha value is -1.96. The van der Waals surface area contributed by atoms with Crippen LogP contribution < -0.4 is 9.47 Å². The fraction of sp³-hybridized carbons (Fsp3) is 0.400. The molecule has 0 unspecified atom stereocenters. The summed E-state index contributed by atoms with van der Waals surface area (Å²) in [5.41, 5.74) is 0. The lowest BCUT2D eigenvalue weighted by Gasteiger charge is -2.16. The Kier molecular flexibility index (Phi) is 4.74. The van der Waals surface area contributed by atoms with Crippen molar-refractivity contribution in [2.75, 3.05) is 14.2 Å². The zero-order valence-corrected chi connectivity index (χ0v) is 13.5. The molecule has 1 aromatic carbocycles. The number of carboxylic acids is 1. The highest BCUT2D eigenvalue weighted by atomic mass is 32.1. The van der Waals surface area contributed by atoms with Crippen molar-refractivity contribution in [1.82, 2.24) is 0 Å². The molecule has 2 rings (SSSR count). The second-order valence-electron chi connectivity index (χ2n) is 5.10. The van der Waals surface area contributed by atoms with Crippen molar-refractivity contribution in [2.24, 2.45) is 5.92 Å². The van der Waals surface area contributed by atoms with E-state index in [1.54, 1.807) is 0 Å². The van der Waals surface area contributed by atoms with E-state index < -0.39 is 34.9 Å². The van der Waals surface area contributed by atoms with Gasteiger partial charge in [-0.3, -0.25) is 4.79 Å². The number of alkyl halides is 2. The van der Waals surface area contributed by atoms with Gasteiger partial charge in [-0.15, -0.1) is 11.3 Å². The average molecular weight is 348 g/mol. The van der Waals surface area contributed by atoms with Gasteiger partial charge in [0.15, 0.2) is 17.3 Å². The summed E-state index contributed by atoms with van der Waals surface area (Å²) in [6.45, 7) is 1.20. The Morgan fingerprint density at radius 2 is 2.00 bits per heavy atom. The van der Waals surface area contributed by atoms with Crippen LogP contribution >= 0.6 is 11.3 Å². The molecule has 0 aliphatic heterocycles. The number of halogens is 3. The number of carbonyl (C=O) groups is 1. The number of aliphatic carboxylic acids is 1. The first-order valence-corrected chi connectivity index (χ1v) is 7.48. The summed E-state index contributed by atoms with van der Waals surface area (Å²) in [4.78, 5) is 10.4. The number of ether oxygens (including phenoxy) is 2. The number of carboxylic acid groups (broad SMARTS) is 1. The molecule has 4 nitrogen and oxygen atoms in total. The van der Waals surface area contributed by atoms with Crippen LogP contribution in [0.1, 0.15) is 18.2 Å². The molecule has 0 fully saturated rings. The summed E-state index contributed by atoms with van der Waals surface area (Å²) in [6, 6.07) is 2.45. The van der Waals surface area contributed by atoms with Gasteiger partial charge in [0.1, 0.15) is 0 Å². The SMILES string of the molecule is COc1cc2sc(C(F)(F)C[C@H](C)C(=O)O)cc2c(F)c1OC. The molecule has 0 saturated heterocycles. The minimum atomic E-state index is -3.37. The molecule has 0 radical (unpaired) electrons. The number of methoxy groups -OCH3 is 2. The fourth-order valence-electron chi connectivity index (χ4n) is 2.19. The summed E-state index contributed by atoms with van der Waals surface area (Å²) in [7, 11) is 2.57. The van der Waals surface area contributed by atoms with Crippen molar-refractivity contribution in [1.29, 1.82) is 0 Å². The van der Waals surface area contributed by atoms with Gasteiger partial charge in [-0.25, -0.2) is 13.2 Å². The number of benzene rings is 1. The maximum absolute atomic E-state index is 14.4. The zero-order valence-electron chi connectivity index (χ0n) is 12.7. The number of rotatable bonds is 6. The molecule has 0 saturated carbocycles. The normalized spacial score (nSPS) is 13.1. The predicted molar refractivity (Wildman–Crippen MR) is 80.2 cm³/mol. The summed E-state index contributed by atoms with van der Waals surface area (Å²) in [5.74, 6) is -6.73. The first-order chi connectivity index (χ1) is 10.7. The predicted octanol–water partition coefficient (Wildman–Crippen LogP) is 4.26. The third-order valence-electron chi connectivity index (χ3n) is 3.45. The van der Waals surface area contributed by atoms with E-state index in [4.69, 9.17) is 14.6 Å². The van der Waals surface area contributed by atoms with Gasteiger partial charge in [0.05, 0.1) is 25.0 Å². The average Bonchev–Trinajstić information content (AvgIpc) is 2.91. The van der Waals surface area contributed by atoms with Crippen LogP contribution in [0, 0.1) is 11.7 Å². The zero-order chi connectivity index (χ0) is 17.4. The largest absolute Gasteiger partial charge is 0.493 e. The van der Waals surface area contributed by atoms with Crippen LogP contribution in [0.4, 0.5) is 13.2 Å². The van der Waals surface area contributed by atoms with Crippen molar-refractivity contribution in [3.05, 3.63) is 22.8 Å². The lowest BCUT2D eigenvalue weighted by Crippen LogP contribution is -2.21. The van der Waals surface area contributed by atoms with Crippen molar-refractivity contribution in [2.45, 2.75) is 19.3 Å². The number of fused-ring (bicyclic) bond motifs is 1. The maximum atomic E-state index is 14.4. The van der Waals surface area contributed by atoms with Crippen molar-refractivity contribution < 1.29 is 32.5 Å². The molecule has 0 amide bonds. The van der Waals surface area contributed by atoms with Crippen LogP contribution in [0.2, 0.25) is 0 Å². The fourth-order valence-corrected chi connectivity index (χ4v) is 3.26. The minimum Gasteiger partial charge on any atom is -0.493 e. The molecule has 0 aliphatic rings. The second-order valence-corrected chi connectivity index (χ2v) is 6.18. The monoisotopic (exact) mass is 348 g/mol. The van der Waals surface area contributed by atoms with Gasteiger partial charge in [0.25, 0.3) is 5.92 Å². The maximum Gasteiger partial charge on any atom is 0.306 e. The molecule has 0 bridgehead atoms. The van der Waals surface area contributed by atoms with E-state index in [9.17, 15) is 18.0 Å². The van der Waals surface area contributed by atoms with Gasteiger partial charge in [-0.1, -0.05) is 6.92 Å². The third kappa shape index (κ3) is 3.21. The van der Waals surface area contributed by atoms with Crippen LogP contribution in [-0.2, 0) is 10.7 Å². The Morgan fingerprint density at radius 1 is 1.35 bits per heavy atom. The summed E-state index contributed by atoms with van der Waals surface area (Å²) in [5, 5.41) is 8.78. The Bertz CT molecular complexity index is 742. The van der Waals surface area contributed by atoms with E-state index in [0.717, 1.165) is 6.07 Å². The second kappa shape index (κ2) is 6.27. The van der Waals surface area contributed by atoms with E-state index in [0.29, 0.717) is 11.3 Å². The molecular weight excluding hydrogens is 333 g/mol. The van der Waals surface area contributed by atoms with Crippen molar-refractivity contribution in [3.8, 4) is 11.5 Å². The quantitative estimate of drug-likeness (QED) is 0.847. The number of thiophene rings is 1. The molecule has 1 aromatic heterocycles. The lowest BCUT2D eigenvalue weighted by molar-refractivity contribution is -0.144. The van der Waals surface area contributed by atoms with Crippen molar-refractivity contribution >= 4 is 27.4 Å². The molecule has 1 atom stereocenters. The van der Waals surface area contributed by atoms with Gasteiger partial charge in [0, 0.05) is 22.6 Å². The number of hydrogen-bond donors (Lipinski definition) is 1. The van der Waals surface area contributed by atoms with Crippen LogP contribution in [0.3, 0.4) is 0 Å². The van der Waals surface area contributed by atoms with Gasteiger partial charge in [0.2, 0.25) is 0 Å². The van der Waals surface area contributed by atoms with Crippen LogP contribution in [0.5, 0.6) is 11.5 Å². The molecule has 0 aliphatic carbocycles. The van der Waals surface area contributed by atoms with Gasteiger partial charge in [-0.2, -0.15) is 0 Å². The topological polar surface area (TPSA) is 55.8 Å².